The van der Waals surface area contributed by atoms with Crippen molar-refractivity contribution in [1.82, 2.24) is 14.8 Å². The number of aryl methyl sites for hydroxylation is 1. The predicted octanol–water partition coefficient (Wildman–Crippen LogP) is 2.42. The number of fused-ring (bicyclic) bond motifs is 1. The Kier molecular flexibility index (Phi) is 2.85. The maximum Gasteiger partial charge on any atom is 0.195 e. The van der Waals surface area contributed by atoms with Crippen molar-refractivity contribution in [3.63, 3.8) is 0 Å². The fourth-order valence-corrected chi connectivity index (χ4v) is 3.76. The van der Waals surface area contributed by atoms with Crippen LogP contribution >= 0.6 is 23.6 Å². The summed E-state index contributed by atoms with van der Waals surface area (Å²) in [5.74, 6) is 0.624. The highest BCUT2D eigenvalue weighted by molar-refractivity contribution is 7.71. The van der Waals surface area contributed by atoms with Crippen LogP contribution in [0.4, 0.5) is 0 Å². The predicted molar refractivity (Wildman–Crippen MR) is 68.7 cm³/mol. The zero-order valence-corrected chi connectivity index (χ0v) is 10.9. The Hall–Kier alpha value is -0.980. The topological polar surface area (TPSA) is 53.8 Å². The Balaban J connectivity index is 2.12. The van der Waals surface area contributed by atoms with E-state index in [-0.39, 0.29) is 12.6 Å². The molecule has 1 atom stereocenters. The van der Waals surface area contributed by atoms with Gasteiger partial charge in [0.1, 0.15) is 6.61 Å². The summed E-state index contributed by atoms with van der Waals surface area (Å²) in [6, 6.07) is 2.40. The number of aromatic amines is 1. The van der Waals surface area contributed by atoms with Gasteiger partial charge in [0.2, 0.25) is 0 Å². The molecule has 1 aliphatic rings. The maximum absolute atomic E-state index is 9.31. The summed E-state index contributed by atoms with van der Waals surface area (Å²) in [5.41, 5.74) is 1.34. The minimum absolute atomic E-state index is 0.0802. The van der Waals surface area contributed by atoms with Gasteiger partial charge in [0.05, 0.1) is 6.04 Å². The molecule has 1 unspecified atom stereocenters. The molecule has 1 aliphatic carbocycles. The number of aliphatic hydroxyl groups excluding tert-OH is 1. The largest absolute Gasteiger partial charge is 0.388 e. The molecule has 2 N–H and O–H groups in total. The molecular weight excluding hydrogens is 254 g/mol. The lowest BCUT2D eigenvalue weighted by molar-refractivity contribution is 0.260. The number of nitrogens with zero attached hydrogens (tertiary/aromatic N) is 2. The molecule has 0 aromatic carbocycles. The van der Waals surface area contributed by atoms with Crippen LogP contribution in [0.25, 0.3) is 0 Å². The first kappa shape index (κ1) is 11.1. The van der Waals surface area contributed by atoms with Crippen LogP contribution in [0.5, 0.6) is 0 Å². The van der Waals surface area contributed by atoms with Crippen molar-refractivity contribution in [3.05, 3.63) is 32.5 Å². The summed E-state index contributed by atoms with van der Waals surface area (Å²) in [7, 11) is 0. The third kappa shape index (κ3) is 1.76. The van der Waals surface area contributed by atoms with Gasteiger partial charge in [-0.25, -0.2) is 0 Å². The Labute approximate surface area is 108 Å². The first-order valence-corrected chi connectivity index (χ1v) is 6.93. The summed E-state index contributed by atoms with van der Waals surface area (Å²) >= 11 is 7.07. The van der Waals surface area contributed by atoms with Crippen LogP contribution < -0.4 is 0 Å². The van der Waals surface area contributed by atoms with Crippen LogP contribution in [-0.4, -0.2) is 19.9 Å². The molecule has 0 saturated carbocycles. The van der Waals surface area contributed by atoms with Gasteiger partial charge in [-0.1, -0.05) is 0 Å². The molecule has 17 heavy (non-hydrogen) atoms. The normalized spacial score (nSPS) is 19.2. The van der Waals surface area contributed by atoms with E-state index < -0.39 is 0 Å². The highest BCUT2D eigenvalue weighted by atomic mass is 32.1. The smallest absolute Gasteiger partial charge is 0.195 e. The van der Waals surface area contributed by atoms with E-state index in [0.29, 0.717) is 10.6 Å². The van der Waals surface area contributed by atoms with Crippen molar-refractivity contribution in [3.8, 4) is 0 Å². The fraction of sp³-hybridized carbons (Fsp3) is 0.455. The van der Waals surface area contributed by atoms with Crippen LogP contribution in [-0.2, 0) is 13.0 Å². The number of hydrogen-bond donors (Lipinski definition) is 2. The summed E-state index contributed by atoms with van der Waals surface area (Å²) in [6.07, 6.45) is 3.38. The third-order valence-corrected chi connectivity index (χ3v) is 4.54. The molecule has 0 bridgehead atoms. The lowest BCUT2D eigenvalue weighted by Crippen LogP contribution is -2.18. The molecule has 0 saturated heterocycles. The van der Waals surface area contributed by atoms with Gasteiger partial charge < -0.3 is 5.11 Å². The highest BCUT2D eigenvalue weighted by Crippen LogP contribution is 2.36. The average Bonchev–Trinajstić information content (AvgIpc) is 2.94. The second-order valence-corrected chi connectivity index (χ2v) is 5.57. The molecule has 0 radical (unpaired) electrons. The summed E-state index contributed by atoms with van der Waals surface area (Å²) in [6.45, 7) is -0.0802. The van der Waals surface area contributed by atoms with E-state index in [1.807, 2.05) is 4.57 Å². The molecule has 6 heteroatoms. The number of nitrogens with one attached hydrogen (secondary N) is 1. The van der Waals surface area contributed by atoms with Crippen molar-refractivity contribution in [2.24, 2.45) is 0 Å². The minimum atomic E-state index is -0.0802. The van der Waals surface area contributed by atoms with E-state index in [2.05, 4.69) is 21.6 Å². The summed E-state index contributed by atoms with van der Waals surface area (Å²) in [5, 5.41) is 18.3. The monoisotopic (exact) mass is 267 g/mol. The van der Waals surface area contributed by atoms with E-state index >= 15 is 0 Å². The van der Waals surface area contributed by atoms with E-state index in [9.17, 15) is 5.11 Å². The standard InChI is InChI=1S/C11H13N3OS2/c15-6-10-12-13-11(16)14(10)8-2-1-3-9-7(8)4-5-17-9/h4-5,8,15H,1-3,6H2,(H,13,16). The van der Waals surface area contributed by atoms with Crippen LogP contribution in [0.1, 0.15) is 35.1 Å². The molecule has 0 spiro atoms. The van der Waals surface area contributed by atoms with Gasteiger partial charge in [-0.15, -0.1) is 11.3 Å². The molecular formula is C11H13N3OS2. The van der Waals surface area contributed by atoms with Gasteiger partial charge in [-0.05, 0) is 48.5 Å². The Morgan fingerprint density at radius 1 is 1.65 bits per heavy atom. The number of rotatable bonds is 2. The van der Waals surface area contributed by atoms with Gasteiger partial charge in [0.25, 0.3) is 0 Å². The van der Waals surface area contributed by atoms with Gasteiger partial charge in [0, 0.05) is 4.88 Å². The number of aromatic nitrogens is 3. The highest BCUT2D eigenvalue weighted by Gasteiger charge is 2.25. The van der Waals surface area contributed by atoms with E-state index in [0.717, 1.165) is 19.3 Å². The fourth-order valence-electron chi connectivity index (χ4n) is 2.50. The van der Waals surface area contributed by atoms with Gasteiger partial charge in [-0.2, -0.15) is 5.10 Å². The molecule has 0 aliphatic heterocycles. The Morgan fingerprint density at radius 3 is 3.35 bits per heavy atom. The summed E-state index contributed by atoms with van der Waals surface area (Å²) < 4.78 is 2.55. The third-order valence-electron chi connectivity index (χ3n) is 3.25. The quantitative estimate of drug-likeness (QED) is 0.822. The van der Waals surface area contributed by atoms with Crippen molar-refractivity contribution in [1.29, 1.82) is 0 Å². The van der Waals surface area contributed by atoms with Gasteiger partial charge >= 0.3 is 0 Å². The number of thiophene rings is 1. The molecule has 90 valence electrons. The second kappa shape index (κ2) is 4.36. The Morgan fingerprint density at radius 2 is 2.53 bits per heavy atom. The zero-order chi connectivity index (χ0) is 11.8. The first-order chi connectivity index (χ1) is 8.31. The van der Waals surface area contributed by atoms with Crippen LogP contribution in [0.15, 0.2) is 11.4 Å². The molecule has 0 amide bonds. The van der Waals surface area contributed by atoms with Crippen LogP contribution in [0, 0.1) is 4.77 Å². The number of hydrogen-bond acceptors (Lipinski definition) is 4. The van der Waals surface area contributed by atoms with E-state index in [1.54, 1.807) is 11.3 Å². The second-order valence-electron chi connectivity index (χ2n) is 4.18. The minimum Gasteiger partial charge on any atom is -0.388 e. The average molecular weight is 267 g/mol. The van der Waals surface area contributed by atoms with Crippen LogP contribution in [0.2, 0.25) is 0 Å². The van der Waals surface area contributed by atoms with Crippen molar-refractivity contribution in [2.75, 3.05) is 0 Å². The van der Waals surface area contributed by atoms with Gasteiger partial charge in [-0.3, -0.25) is 9.67 Å². The molecule has 2 aromatic rings. The SMILES string of the molecule is OCc1n[nH]c(=S)n1C1CCCc2sccc21. The maximum atomic E-state index is 9.31. The molecule has 2 heterocycles. The molecule has 4 nitrogen and oxygen atoms in total. The van der Waals surface area contributed by atoms with E-state index in [4.69, 9.17) is 12.2 Å². The van der Waals surface area contributed by atoms with Crippen molar-refractivity contribution >= 4 is 23.6 Å². The zero-order valence-electron chi connectivity index (χ0n) is 9.22. The van der Waals surface area contributed by atoms with Crippen molar-refractivity contribution in [2.45, 2.75) is 31.9 Å². The summed E-state index contributed by atoms with van der Waals surface area (Å²) in [4.78, 5) is 1.44. The molecule has 3 rings (SSSR count). The number of H-pyrrole nitrogens is 1. The number of aliphatic hydroxyl groups is 1. The molecule has 2 aromatic heterocycles. The van der Waals surface area contributed by atoms with E-state index in [1.165, 1.54) is 10.4 Å². The van der Waals surface area contributed by atoms with Gasteiger partial charge in [0.15, 0.2) is 10.6 Å². The first-order valence-electron chi connectivity index (χ1n) is 5.64. The van der Waals surface area contributed by atoms with Crippen molar-refractivity contribution < 1.29 is 5.11 Å². The lowest BCUT2D eigenvalue weighted by Gasteiger charge is -2.24. The van der Waals surface area contributed by atoms with Crippen LogP contribution in [0.3, 0.4) is 0 Å². The Bertz CT molecular complexity index is 584. The molecule has 0 fully saturated rings. The lowest BCUT2D eigenvalue weighted by atomic mass is 9.94.